The molecule has 16 rings (SSSR count). The summed E-state index contributed by atoms with van der Waals surface area (Å²) in [6.07, 6.45) is 0. The average Bonchev–Trinajstić information content (AvgIpc) is 4.23. The van der Waals surface area contributed by atoms with Gasteiger partial charge in [0.15, 0.2) is 0 Å². The molecule has 0 aliphatic heterocycles. The molecule has 3 aliphatic rings. The van der Waals surface area contributed by atoms with E-state index in [9.17, 15) is 0 Å². The lowest BCUT2D eigenvalue weighted by Gasteiger charge is -2.32. The highest BCUT2D eigenvalue weighted by molar-refractivity contribution is 7.26. The van der Waals surface area contributed by atoms with Gasteiger partial charge in [0.1, 0.15) is 0 Å². The van der Waals surface area contributed by atoms with Gasteiger partial charge in [-0.05, 0) is 133 Å². The topological polar surface area (TPSA) is 8.17 Å². The van der Waals surface area contributed by atoms with Gasteiger partial charge in [-0.25, -0.2) is 0 Å². The molecule has 0 saturated carbocycles. The molecule has 0 saturated heterocycles. The lowest BCUT2D eigenvalue weighted by Crippen LogP contribution is -2.26. The van der Waals surface area contributed by atoms with Crippen molar-refractivity contribution in [3.05, 3.63) is 276 Å². The van der Waals surface area contributed by atoms with Gasteiger partial charge in [0.05, 0.1) is 22.1 Å². The SMILES string of the molecule is CC1(C)c2ccccc2-c2ccc(N(c3ccc(-c4ccc5c(c4)c4ccccc4n5-c4ccccc4)cc3)c3cccc4c3-c3ccccc3C43c4ccccc4-c4c3ccc3c4sc4ccccc43)cc21. The van der Waals surface area contributed by atoms with Crippen LogP contribution < -0.4 is 4.90 Å². The van der Waals surface area contributed by atoms with Crippen LogP contribution in [-0.2, 0) is 10.8 Å². The van der Waals surface area contributed by atoms with E-state index in [0.717, 1.165) is 11.4 Å². The highest BCUT2D eigenvalue weighted by Crippen LogP contribution is 2.66. The van der Waals surface area contributed by atoms with Gasteiger partial charge in [-0.2, -0.15) is 0 Å². The summed E-state index contributed by atoms with van der Waals surface area (Å²) >= 11 is 1.93. The number of rotatable bonds is 5. The second kappa shape index (κ2) is 14.9. The van der Waals surface area contributed by atoms with Crippen LogP contribution in [0, 0.1) is 0 Å². The highest BCUT2D eigenvalue weighted by atomic mass is 32.1. The van der Waals surface area contributed by atoms with E-state index < -0.39 is 5.41 Å². The van der Waals surface area contributed by atoms with Gasteiger partial charge in [0, 0.05) is 64.5 Å². The molecule has 0 bridgehead atoms. The van der Waals surface area contributed by atoms with Gasteiger partial charge < -0.3 is 9.47 Å². The number of hydrogen-bond acceptors (Lipinski definition) is 2. The molecule has 13 aromatic rings. The zero-order valence-electron chi connectivity index (χ0n) is 40.4. The van der Waals surface area contributed by atoms with E-state index >= 15 is 0 Å². The molecular weight excluding hydrogens is 901 g/mol. The maximum atomic E-state index is 2.55. The first kappa shape index (κ1) is 40.9. The minimum absolute atomic E-state index is 0.162. The Morgan fingerprint density at radius 3 is 1.78 bits per heavy atom. The van der Waals surface area contributed by atoms with Crippen molar-refractivity contribution in [2.75, 3.05) is 4.90 Å². The van der Waals surface area contributed by atoms with Crippen LogP contribution in [0.2, 0.25) is 0 Å². The summed E-state index contributed by atoms with van der Waals surface area (Å²) in [4.78, 5) is 2.55. The number of thiophene rings is 1. The van der Waals surface area contributed by atoms with Crippen molar-refractivity contribution in [1.82, 2.24) is 4.57 Å². The second-order valence-electron chi connectivity index (χ2n) is 20.7. The molecule has 0 N–H and O–H groups in total. The molecule has 1 unspecified atom stereocenters. The molecule has 11 aromatic carbocycles. The third-order valence-electron chi connectivity index (χ3n) is 16.8. The van der Waals surface area contributed by atoms with Gasteiger partial charge in [0.2, 0.25) is 0 Å². The zero-order valence-corrected chi connectivity index (χ0v) is 41.2. The summed E-state index contributed by atoms with van der Waals surface area (Å²) in [5, 5.41) is 5.17. The number of anilines is 3. The van der Waals surface area contributed by atoms with E-state index in [0.29, 0.717) is 0 Å². The van der Waals surface area contributed by atoms with Crippen molar-refractivity contribution < 1.29 is 0 Å². The molecule has 2 heterocycles. The molecule has 342 valence electrons. The van der Waals surface area contributed by atoms with Gasteiger partial charge >= 0.3 is 0 Å². The summed E-state index contributed by atoms with van der Waals surface area (Å²) in [6.45, 7) is 4.77. The van der Waals surface area contributed by atoms with E-state index in [4.69, 9.17) is 0 Å². The van der Waals surface area contributed by atoms with Gasteiger partial charge in [-0.3, -0.25) is 0 Å². The standard InChI is InChI=1S/C70H46N2S/c1-69(2)56-24-11-6-19-48(56)49-37-36-47(42-61(49)69)71(46-34-31-43(32-35-46)44-33-40-63-55(41-44)50-20-9-14-28-62(50)72(63)45-17-4-3-5-18-45)64-29-16-27-59-66(64)53-22-7-12-25-57(53)70(59)58-26-13-8-23-54(58)67-60(70)39-38-52-51-21-10-15-30-65(51)73-68(52)67/h3-42H,1-2H3. The lowest BCUT2D eigenvalue weighted by atomic mass is 9.70. The van der Waals surface area contributed by atoms with Crippen molar-refractivity contribution in [3.8, 4) is 50.2 Å². The molecule has 73 heavy (non-hydrogen) atoms. The van der Waals surface area contributed by atoms with E-state index in [1.807, 2.05) is 11.3 Å². The Hall–Kier alpha value is -8.76. The number of para-hydroxylation sites is 2. The highest BCUT2D eigenvalue weighted by Gasteiger charge is 2.53. The number of hydrogen-bond donors (Lipinski definition) is 0. The predicted molar refractivity (Wildman–Crippen MR) is 308 cm³/mol. The summed E-state index contributed by atoms with van der Waals surface area (Å²) in [6, 6.07) is 91.4. The van der Waals surface area contributed by atoms with Crippen LogP contribution in [-0.4, -0.2) is 4.57 Å². The molecule has 1 spiro atoms. The van der Waals surface area contributed by atoms with Gasteiger partial charge in [0.25, 0.3) is 0 Å². The van der Waals surface area contributed by atoms with Crippen molar-refractivity contribution >= 4 is 70.4 Å². The lowest BCUT2D eigenvalue weighted by molar-refractivity contribution is 0.660. The molecule has 3 aliphatic carbocycles. The first-order chi connectivity index (χ1) is 36.0. The van der Waals surface area contributed by atoms with Gasteiger partial charge in [-0.1, -0.05) is 190 Å². The van der Waals surface area contributed by atoms with Crippen LogP contribution in [0.15, 0.2) is 243 Å². The van der Waals surface area contributed by atoms with Crippen molar-refractivity contribution in [2.45, 2.75) is 24.7 Å². The van der Waals surface area contributed by atoms with Crippen LogP contribution in [0.25, 0.3) is 92.2 Å². The quantitative estimate of drug-likeness (QED) is 0.167. The minimum Gasteiger partial charge on any atom is -0.310 e. The minimum atomic E-state index is -0.502. The van der Waals surface area contributed by atoms with Crippen LogP contribution in [0.1, 0.15) is 47.2 Å². The molecule has 0 radical (unpaired) electrons. The zero-order chi connectivity index (χ0) is 48.2. The number of nitrogens with zero attached hydrogens (tertiary/aromatic N) is 2. The Bertz CT molecular complexity index is 4470. The molecule has 2 aromatic heterocycles. The monoisotopic (exact) mass is 946 g/mol. The van der Waals surface area contributed by atoms with Crippen LogP contribution in [0.5, 0.6) is 0 Å². The molecule has 0 amide bonds. The molecule has 2 nitrogen and oxygen atoms in total. The summed E-state index contributed by atoms with van der Waals surface area (Å²) in [5.74, 6) is 0. The first-order valence-corrected chi connectivity index (χ1v) is 26.3. The van der Waals surface area contributed by atoms with Crippen molar-refractivity contribution in [2.24, 2.45) is 0 Å². The largest absolute Gasteiger partial charge is 0.310 e. The van der Waals surface area contributed by atoms with E-state index in [-0.39, 0.29) is 5.41 Å². The smallest absolute Gasteiger partial charge is 0.0726 e. The summed E-state index contributed by atoms with van der Waals surface area (Å²) in [5.41, 5.74) is 24.8. The summed E-state index contributed by atoms with van der Waals surface area (Å²) in [7, 11) is 0. The fraction of sp³-hybridized carbons (Fsp3) is 0.0571. The maximum absolute atomic E-state index is 2.55. The van der Waals surface area contributed by atoms with Crippen molar-refractivity contribution in [3.63, 3.8) is 0 Å². The number of benzene rings is 11. The first-order valence-electron chi connectivity index (χ1n) is 25.5. The fourth-order valence-corrected chi connectivity index (χ4v) is 15.0. The normalized spacial score (nSPS) is 15.4. The van der Waals surface area contributed by atoms with Crippen LogP contribution >= 0.6 is 11.3 Å². The molecule has 3 heteroatoms. The fourth-order valence-electron chi connectivity index (χ4n) is 13.7. The third kappa shape index (κ3) is 5.42. The van der Waals surface area contributed by atoms with Crippen LogP contribution in [0.3, 0.4) is 0 Å². The Morgan fingerprint density at radius 2 is 0.973 bits per heavy atom. The number of aromatic nitrogens is 1. The Balaban J connectivity index is 0.912. The molecule has 0 fully saturated rings. The van der Waals surface area contributed by atoms with E-state index in [1.54, 1.807) is 0 Å². The third-order valence-corrected chi connectivity index (χ3v) is 18.0. The summed E-state index contributed by atoms with van der Waals surface area (Å²) < 4.78 is 5.09. The molecular formula is C70H46N2S. The van der Waals surface area contributed by atoms with Gasteiger partial charge in [-0.15, -0.1) is 11.3 Å². The Labute approximate surface area is 428 Å². The van der Waals surface area contributed by atoms with Crippen molar-refractivity contribution in [1.29, 1.82) is 0 Å². The predicted octanol–water partition coefficient (Wildman–Crippen LogP) is 18.9. The second-order valence-corrected chi connectivity index (χ2v) is 21.8. The molecule has 1 atom stereocenters. The van der Waals surface area contributed by atoms with E-state index in [1.165, 1.54) is 131 Å². The Morgan fingerprint density at radius 1 is 0.370 bits per heavy atom. The maximum Gasteiger partial charge on any atom is 0.0726 e. The average molecular weight is 947 g/mol. The number of fused-ring (bicyclic) bond motifs is 20. The van der Waals surface area contributed by atoms with Crippen LogP contribution in [0.4, 0.5) is 17.1 Å². The van der Waals surface area contributed by atoms with E-state index in [2.05, 4.69) is 266 Å². The Kier molecular flexibility index (Phi) is 8.35.